The lowest BCUT2D eigenvalue weighted by Crippen LogP contribution is -2.30. The first-order valence-electron chi connectivity index (χ1n) is 8.66. The molecule has 3 heterocycles. The lowest BCUT2D eigenvalue weighted by atomic mass is 10.1. The van der Waals surface area contributed by atoms with Crippen molar-refractivity contribution in [3.63, 3.8) is 0 Å². The van der Waals surface area contributed by atoms with Gasteiger partial charge in [0.25, 0.3) is 5.91 Å². The number of hydrogen-bond acceptors (Lipinski definition) is 5. The molecule has 1 saturated heterocycles. The maximum Gasteiger partial charge on any atom is 0.279 e. The number of carbonyl (C=O) groups is 1. The van der Waals surface area contributed by atoms with E-state index < -0.39 is 0 Å². The molecule has 24 heavy (non-hydrogen) atoms. The fourth-order valence-corrected chi connectivity index (χ4v) is 3.05. The summed E-state index contributed by atoms with van der Waals surface area (Å²) in [6, 6.07) is 2.12. The van der Waals surface area contributed by atoms with Gasteiger partial charge in [0.1, 0.15) is 5.82 Å². The highest BCUT2D eigenvalue weighted by atomic mass is 16.2. The summed E-state index contributed by atoms with van der Waals surface area (Å²) in [4.78, 5) is 12.6. The second-order valence-corrected chi connectivity index (χ2v) is 6.20. The van der Waals surface area contributed by atoms with Crippen molar-refractivity contribution in [2.75, 3.05) is 18.4 Å². The lowest BCUT2D eigenvalue weighted by Gasteiger charge is -2.23. The van der Waals surface area contributed by atoms with Gasteiger partial charge in [0.2, 0.25) is 0 Å². The van der Waals surface area contributed by atoms with E-state index in [1.165, 1.54) is 0 Å². The van der Waals surface area contributed by atoms with Gasteiger partial charge < -0.3 is 10.6 Å². The Kier molecular flexibility index (Phi) is 5.24. The van der Waals surface area contributed by atoms with Crippen LogP contribution in [0.4, 0.5) is 5.82 Å². The van der Waals surface area contributed by atoms with Gasteiger partial charge in [-0.2, -0.15) is 5.10 Å². The van der Waals surface area contributed by atoms with E-state index in [0.29, 0.717) is 17.6 Å². The Hall–Kier alpha value is -2.22. The van der Waals surface area contributed by atoms with E-state index in [4.69, 9.17) is 0 Å². The van der Waals surface area contributed by atoms with Gasteiger partial charge in [-0.25, -0.2) is 9.36 Å². The summed E-state index contributed by atoms with van der Waals surface area (Å²) in [5.74, 6) is 0.468. The molecule has 0 radical (unpaired) electrons. The summed E-state index contributed by atoms with van der Waals surface area (Å²) in [5.41, 5.74) is 1.20. The normalized spacial score (nSPS) is 15.6. The van der Waals surface area contributed by atoms with Crippen molar-refractivity contribution in [3.05, 3.63) is 23.7 Å². The summed E-state index contributed by atoms with van der Waals surface area (Å²) in [7, 11) is 0. The standard InChI is InChI=1S/C16H25N7O/c1-3-4-11-22-14(7-10-18-22)19-16(24)15-12(2)23(21-20-15)13-5-8-17-9-6-13/h7,10,13,17H,3-6,8-9,11H2,1-2H3,(H,19,24). The highest BCUT2D eigenvalue weighted by Crippen LogP contribution is 2.20. The zero-order valence-electron chi connectivity index (χ0n) is 14.3. The van der Waals surface area contributed by atoms with Crippen LogP contribution in [-0.4, -0.2) is 43.8 Å². The molecule has 2 N–H and O–H groups in total. The topological polar surface area (TPSA) is 89.7 Å². The van der Waals surface area contributed by atoms with Crippen LogP contribution < -0.4 is 10.6 Å². The molecule has 8 heteroatoms. The Morgan fingerprint density at radius 1 is 1.42 bits per heavy atom. The molecular weight excluding hydrogens is 306 g/mol. The van der Waals surface area contributed by atoms with Gasteiger partial charge in [-0.15, -0.1) is 5.10 Å². The number of nitrogens with zero attached hydrogens (tertiary/aromatic N) is 5. The molecule has 1 amide bonds. The van der Waals surface area contributed by atoms with Crippen molar-refractivity contribution in [2.45, 2.75) is 52.1 Å². The van der Waals surface area contributed by atoms with E-state index in [1.807, 2.05) is 16.3 Å². The number of hydrogen-bond donors (Lipinski definition) is 2. The molecular formula is C16H25N7O. The monoisotopic (exact) mass is 331 g/mol. The zero-order chi connectivity index (χ0) is 16.9. The maximum absolute atomic E-state index is 12.6. The van der Waals surface area contributed by atoms with Gasteiger partial charge in [0.15, 0.2) is 5.69 Å². The van der Waals surface area contributed by atoms with Gasteiger partial charge in [0.05, 0.1) is 17.9 Å². The van der Waals surface area contributed by atoms with Crippen LogP contribution in [-0.2, 0) is 6.54 Å². The number of anilines is 1. The molecule has 0 saturated carbocycles. The molecule has 1 fully saturated rings. The van der Waals surface area contributed by atoms with Gasteiger partial charge in [0, 0.05) is 12.6 Å². The van der Waals surface area contributed by atoms with E-state index >= 15 is 0 Å². The van der Waals surface area contributed by atoms with Crippen molar-refractivity contribution in [3.8, 4) is 0 Å². The van der Waals surface area contributed by atoms with Crippen LogP contribution in [0.25, 0.3) is 0 Å². The number of unbranched alkanes of at least 4 members (excludes halogenated alkanes) is 1. The quantitative estimate of drug-likeness (QED) is 0.842. The number of amides is 1. The number of rotatable bonds is 6. The molecule has 2 aromatic heterocycles. The van der Waals surface area contributed by atoms with E-state index in [-0.39, 0.29) is 5.91 Å². The van der Waals surface area contributed by atoms with Crippen LogP contribution in [0.15, 0.2) is 12.3 Å². The summed E-state index contributed by atoms with van der Waals surface area (Å²) >= 11 is 0. The summed E-state index contributed by atoms with van der Waals surface area (Å²) < 4.78 is 3.71. The largest absolute Gasteiger partial charge is 0.317 e. The van der Waals surface area contributed by atoms with Gasteiger partial charge in [-0.1, -0.05) is 18.6 Å². The molecule has 1 aliphatic heterocycles. The first-order valence-corrected chi connectivity index (χ1v) is 8.66. The van der Waals surface area contributed by atoms with Crippen LogP contribution in [0.2, 0.25) is 0 Å². The number of aromatic nitrogens is 5. The molecule has 1 aliphatic rings. The van der Waals surface area contributed by atoms with E-state index in [0.717, 1.165) is 51.0 Å². The van der Waals surface area contributed by atoms with Crippen molar-refractivity contribution >= 4 is 11.7 Å². The highest BCUT2D eigenvalue weighted by molar-refractivity contribution is 6.03. The third kappa shape index (κ3) is 3.48. The Morgan fingerprint density at radius 2 is 2.21 bits per heavy atom. The predicted octanol–water partition coefficient (Wildman–Crippen LogP) is 1.76. The van der Waals surface area contributed by atoms with Crippen LogP contribution in [0.1, 0.15) is 54.8 Å². The van der Waals surface area contributed by atoms with Gasteiger partial charge in [-0.05, 0) is 39.3 Å². The van der Waals surface area contributed by atoms with Crippen molar-refractivity contribution < 1.29 is 4.79 Å². The van der Waals surface area contributed by atoms with E-state index in [2.05, 4.69) is 33.0 Å². The Bertz CT molecular complexity index is 684. The molecule has 8 nitrogen and oxygen atoms in total. The van der Waals surface area contributed by atoms with Crippen molar-refractivity contribution in [2.24, 2.45) is 0 Å². The smallest absolute Gasteiger partial charge is 0.279 e. The fourth-order valence-electron chi connectivity index (χ4n) is 3.05. The lowest BCUT2D eigenvalue weighted by molar-refractivity contribution is 0.102. The molecule has 0 aliphatic carbocycles. The van der Waals surface area contributed by atoms with Crippen molar-refractivity contribution in [1.29, 1.82) is 0 Å². The van der Waals surface area contributed by atoms with Crippen LogP contribution in [0.5, 0.6) is 0 Å². The van der Waals surface area contributed by atoms with Crippen LogP contribution >= 0.6 is 0 Å². The molecule has 2 aromatic rings. The number of aryl methyl sites for hydroxylation is 1. The summed E-state index contributed by atoms with van der Waals surface area (Å²) in [6.07, 6.45) is 5.82. The average molecular weight is 331 g/mol. The second-order valence-electron chi connectivity index (χ2n) is 6.20. The fraction of sp³-hybridized carbons (Fsp3) is 0.625. The first-order chi connectivity index (χ1) is 11.7. The van der Waals surface area contributed by atoms with E-state index in [9.17, 15) is 4.79 Å². The maximum atomic E-state index is 12.6. The molecule has 3 rings (SSSR count). The van der Waals surface area contributed by atoms with Crippen LogP contribution in [0.3, 0.4) is 0 Å². The number of carbonyl (C=O) groups excluding carboxylic acids is 1. The third-order valence-electron chi connectivity index (χ3n) is 4.48. The molecule has 130 valence electrons. The Morgan fingerprint density at radius 3 is 2.96 bits per heavy atom. The average Bonchev–Trinajstić information content (AvgIpc) is 3.20. The number of piperidine rings is 1. The first kappa shape index (κ1) is 16.6. The minimum absolute atomic E-state index is 0.231. The minimum Gasteiger partial charge on any atom is -0.317 e. The molecule has 0 bridgehead atoms. The van der Waals surface area contributed by atoms with Crippen molar-refractivity contribution in [1.82, 2.24) is 30.1 Å². The minimum atomic E-state index is -0.231. The summed E-state index contributed by atoms with van der Waals surface area (Å²) in [6.45, 7) is 6.78. The molecule has 0 spiro atoms. The summed E-state index contributed by atoms with van der Waals surface area (Å²) in [5, 5.41) is 18.8. The molecule has 0 atom stereocenters. The SMILES string of the molecule is CCCCn1nccc1NC(=O)c1nnn(C2CCNCC2)c1C. The highest BCUT2D eigenvalue weighted by Gasteiger charge is 2.23. The number of nitrogens with one attached hydrogen (secondary N) is 2. The second kappa shape index (κ2) is 7.57. The van der Waals surface area contributed by atoms with Crippen LogP contribution in [0, 0.1) is 6.92 Å². The Labute approximate surface area is 141 Å². The third-order valence-corrected chi connectivity index (χ3v) is 4.48. The Balaban J connectivity index is 1.71. The van der Waals surface area contributed by atoms with Gasteiger partial charge >= 0.3 is 0 Å². The van der Waals surface area contributed by atoms with Gasteiger partial charge in [-0.3, -0.25) is 4.79 Å². The van der Waals surface area contributed by atoms with E-state index in [1.54, 1.807) is 12.3 Å². The predicted molar refractivity (Wildman–Crippen MR) is 91.0 cm³/mol. The molecule has 0 unspecified atom stereocenters. The zero-order valence-corrected chi connectivity index (χ0v) is 14.3. The molecule has 0 aromatic carbocycles.